The second kappa shape index (κ2) is 5.28. The topological polar surface area (TPSA) is 52.8 Å². The van der Waals surface area contributed by atoms with Crippen molar-refractivity contribution in [2.75, 3.05) is 11.4 Å². The molecule has 3 rings (SSSR count). The first-order valence-electron chi connectivity index (χ1n) is 6.13. The number of halogens is 2. The summed E-state index contributed by atoms with van der Waals surface area (Å²) in [7, 11) is 0. The summed E-state index contributed by atoms with van der Waals surface area (Å²) in [4.78, 5) is 2.09. The van der Waals surface area contributed by atoms with Crippen LogP contribution in [0, 0.1) is 11.3 Å². The number of anilines is 1. The molecule has 0 saturated heterocycles. The Morgan fingerprint density at radius 2 is 2.05 bits per heavy atom. The van der Waals surface area contributed by atoms with Crippen LogP contribution < -0.4 is 4.90 Å². The molecule has 0 fully saturated rings. The zero-order valence-corrected chi connectivity index (χ0v) is 12.0. The van der Waals surface area contributed by atoms with Crippen LogP contribution in [-0.2, 0) is 13.0 Å². The summed E-state index contributed by atoms with van der Waals surface area (Å²) in [5.74, 6) is 0.751. The molecule has 0 saturated carbocycles. The summed E-state index contributed by atoms with van der Waals surface area (Å²) in [6, 6.07) is 9.16. The number of fused-ring (bicyclic) bond motifs is 1. The van der Waals surface area contributed by atoms with E-state index in [1.165, 1.54) is 5.56 Å². The van der Waals surface area contributed by atoms with Gasteiger partial charge in [0.25, 0.3) is 0 Å². The number of hydrogen-bond acceptors (Lipinski definition) is 4. The molecule has 0 aliphatic carbocycles. The molecule has 20 heavy (non-hydrogen) atoms. The fraction of sp³-hybridized carbons (Fsp3) is 0.214. The number of aromatic nitrogens is 2. The molecule has 100 valence electrons. The van der Waals surface area contributed by atoms with Gasteiger partial charge in [-0.2, -0.15) is 5.26 Å². The maximum atomic E-state index is 8.74. The molecule has 2 heterocycles. The van der Waals surface area contributed by atoms with Gasteiger partial charge in [-0.3, -0.25) is 0 Å². The average Bonchev–Trinajstić information content (AvgIpc) is 2.47. The third kappa shape index (κ3) is 2.43. The van der Waals surface area contributed by atoms with Crippen molar-refractivity contribution in [3.05, 3.63) is 51.1 Å². The van der Waals surface area contributed by atoms with Gasteiger partial charge in [0.05, 0.1) is 0 Å². The Morgan fingerprint density at radius 1 is 1.20 bits per heavy atom. The fourth-order valence-corrected chi connectivity index (χ4v) is 2.93. The predicted molar refractivity (Wildman–Crippen MR) is 78.0 cm³/mol. The molecule has 0 bridgehead atoms. The van der Waals surface area contributed by atoms with Gasteiger partial charge in [0, 0.05) is 23.1 Å². The fourth-order valence-electron chi connectivity index (χ4n) is 2.33. The number of nitrogens with zero attached hydrogens (tertiary/aromatic N) is 4. The van der Waals surface area contributed by atoms with Gasteiger partial charge < -0.3 is 4.90 Å². The number of hydrogen-bond donors (Lipinski definition) is 0. The van der Waals surface area contributed by atoms with E-state index in [2.05, 4.69) is 15.1 Å². The van der Waals surface area contributed by atoms with Crippen LogP contribution in [0.5, 0.6) is 0 Å². The average molecular weight is 305 g/mol. The van der Waals surface area contributed by atoms with Crippen LogP contribution >= 0.6 is 23.2 Å². The number of benzene rings is 1. The normalized spacial score (nSPS) is 13.8. The van der Waals surface area contributed by atoms with Gasteiger partial charge in [-0.1, -0.05) is 23.2 Å². The largest absolute Gasteiger partial charge is 0.350 e. The number of nitriles is 1. The first-order chi connectivity index (χ1) is 9.67. The molecule has 1 aliphatic rings. The van der Waals surface area contributed by atoms with E-state index in [-0.39, 0.29) is 0 Å². The van der Waals surface area contributed by atoms with Crippen LogP contribution in [0.2, 0.25) is 10.0 Å². The van der Waals surface area contributed by atoms with Crippen LogP contribution in [0.1, 0.15) is 16.8 Å². The summed E-state index contributed by atoms with van der Waals surface area (Å²) in [5.41, 5.74) is 2.57. The quantitative estimate of drug-likeness (QED) is 0.812. The summed E-state index contributed by atoms with van der Waals surface area (Å²) >= 11 is 12.3. The second-order valence-electron chi connectivity index (χ2n) is 4.59. The van der Waals surface area contributed by atoms with E-state index in [0.717, 1.165) is 24.3 Å². The minimum Gasteiger partial charge on any atom is -0.350 e. The van der Waals surface area contributed by atoms with Crippen molar-refractivity contribution in [3.63, 3.8) is 0 Å². The van der Waals surface area contributed by atoms with E-state index in [4.69, 9.17) is 28.5 Å². The van der Waals surface area contributed by atoms with E-state index in [9.17, 15) is 0 Å². The van der Waals surface area contributed by atoms with Crippen LogP contribution in [0.15, 0.2) is 24.3 Å². The lowest BCUT2D eigenvalue weighted by Gasteiger charge is -2.30. The third-order valence-electron chi connectivity index (χ3n) is 3.34. The lowest BCUT2D eigenvalue weighted by molar-refractivity contribution is 0.712. The van der Waals surface area contributed by atoms with Crippen molar-refractivity contribution in [1.82, 2.24) is 10.2 Å². The highest BCUT2D eigenvalue weighted by Gasteiger charge is 2.20. The summed E-state index contributed by atoms with van der Waals surface area (Å²) < 4.78 is 0. The molecular formula is C14H10Cl2N4. The maximum absolute atomic E-state index is 8.74. The Balaban J connectivity index is 1.90. The van der Waals surface area contributed by atoms with E-state index in [1.54, 1.807) is 18.2 Å². The molecular weight excluding hydrogens is 295 g/mol. The maximum Gasteiger partial charge on any atom is 0.163 e. The van der Waals surface area contributed by atoms with Crippen molar-refractivity contribution in [2.45, 2.75) is 13.0 Å². The van der Waals surface area contributed by atoms with Crippen LogP contribution in [0.4, 0.5) is 5.82 Å². The SMILES string of the molecule is N#Cc1ccc(N2CCc3cc(Cl)cc(Cl)c3C2)nn1. The minimum atomic E-state index is 0.316. The van der Waals surface area contributed by atoms with E-state index < -0.39 is 0 Å². The predicted octanol–water partition coefficient (Wildman–Crippen LogP) is 3.22. The van der Waals surface area contributed by atoms with Crippen molar-refractivity contribution in [2.24, 2.45) is 0 Å². The van der Waals surface area contributed by atoms with Crippen LogP contribution in [0.25, 0.3) is 0 Å². The molecule has 1 aliphatic heterocycles. The highest BCUT2D eigenvalue weighted by atomic mass is 35.5. The van der Waals surface area contributed by atoms with Gasteiger partial charge in [-0.05, 0) is 41.8 Å². The van der Waals surface area contributed by atoms with Gasteiger partial charge in [0.15, 0.2) is 11.5 Å². The molecule has 2 aromatic rings. The second-order valence-corrected chi connectivity index (χ2v) is 5.43. The third-order valence-corrected chi connectivity index (χ3v) is 3.90. The Labute approximate surface area is 126 Å². The van der Waals surface area contributed by atoms with Crippen molar-refractivity contribution < 1.29 is 0 Å². The molecule has 6 heteroatoms. The van der Waals surface area contributed by atoms with Gasteiger partial charge in [0.1, 0.15) is 6.07 Å². The highest BCUT2D eigenvalue weighted by molar-refractivity contribution is 6.35. The Kier molecular flexibility index (Phi) is 3.47. The van der Waals surface area contributed by atoms with E-state index in [1.807, 2.05) is 12.1 Å². The minimum absolute atomic E-state index is 0.316. The molecule has 0 unspecified atom stereocenters. The first kappa shape index (κ1) is 13.2. The molecule has 4 nitrogen and oxygen atoms in total. The van der Waals surface area contributed by atoms with E-state index in [0.29, 0.717) is 22.3 Å². The molecule has 0 atom stereocenters. The summed E-state index contributed by atoms with van der Waals surface area (Å²) in [6.45, 7) is 1.50. The van der Waals surface area contributed by atoms with Crippen molar-refractivity contribution in [3.8, 4) is 6.07 Å². The molecule has 1 aromatic heterocycles. The lowest BCUT2D eigenvalue weighted by Crippen LogP contribution is -2.31. The highest BCUT2D eigenvalue weighted by Crippen LogP contribution is 2.31. The van der Waals surface area contributed by atoms with Gasteiger partial charge in [-0.25, -0.2) is 0 Å². The van der Waals surface area contributed by atoms with Crippen LogP contribution in [-0.4, -0.2) is 16.7 Å². The zero-order valence-electron chi connectivity index (χ0n) is 10.5. The number of rotatable bonds is 1. The first-order valence-corrected chi connectivity index (χ1v) is 6.88. The zero-order chi connectivity index (χ0) is 14.1. The molecule has 0 N–H and O–H groups in total. The van der Waals surface area contributed by atoms with Crippen molar-refractivity contribution >= 4 is 29.0 Å². The monoisotopic (exact) mass is 304 g/mol. The molecule has 1 aromatic carbocycles. The molecule has 0 spiro atoms. The summed E-state index contributed by atoms with van der Waals surface area (Å²) in [5, 5.41) is 18.0. The molecule has 0 radical (unpaired) electrons. The van der Waals surface area contributed by atoms with Gasteiger partial charge in [-0.15, -0.1) is 10.2 Å². The Bertz CT molecular complexity index is 692. The summed E-state index contributed by atoms with van der Waals surface area (Å²) in [6.07, 6.45) is 0.858. The van der Waals surface area contributed by atoms with Gasteiger partial charge >= 0.3 is 0 Å². The lowest BCUT2D eigenvalue weighted by atomic mass is 10.00. The smallest absolute Gasteiger partial charge is 0.163 e. The molecule has 0 amide bonds. The van der Waals surface area contributed by atoms with E-state index >= 15 is 0 Å². The van der Waals surface area contributed by atoms with Crippen LogP contribution in [0.3, 0.4) is 0 Å². The Hall–Kier alpha value is -1.83. The van der Waals surface area contributed by atoms with Gasteiger partial charge in [0.2, 0.25) is 0 Å². The standard InChI is InChI=1S/C14H10Cl2N4/c15-10-5-9-3-4-20(8-12(9)13(16)6-10)14-2-1-11(7-17)18-19-14/h1-2,5-6H,3-4,8H2. The van der Waals surface area contributed by atoms with Crippen molar-refractivity contribution in [1.29, 1.82) is 5.26 Å². The Morgan fingerprint density at radius 3 is 2.75 bits per heavy atom.